The number of fused-ring (bicyclic) bond motifs is 3. The predicted octanol–water partition coefficient (Wildman–Crippen LogP) is 4.12. The third-order valence-electron chi connectivity index (χ3n) is 5.77. The molecule has 0 aliphatic heterocycles. The van der Waals surface area contributed by atoms with E-state index in [0.29, 0.717) is 0 Å². The van der Waals surface area contributed by atoms with E-state index in [9.17, 15) is 10.1 Å². The van der Waals surface area contributed by atoms with Crippen molar-refractivity contribution in [1.29, 1.82) is 5.26 Å². The van der Waals surface area contributed by atoms with Crippen molar-refractivity contribution in [2.45, 2.75) is 32.1 Å². The Kier molecular flexibility index (Phi) is 3.69. The standard InChI is InChI=1S/C20H18BrN3O/c1-12-15-8-9-16-18(20(15,2)10-13(11-22)17(12)25)23-19(21)24(16)14-6-4-3-5-7-14/h3-7,10,12,15H,8-9H2,1-2H3/t12-,15-,20-/m0/s1. The SMILES string of the molecule is C[C@@H]1C(=O)C(C#N)=C[C@]2(C)c3nc(Br)n(-c4ccccc4)c3CC[C@@H]12. The number of carbonyl (C=O) groups excluding carboxylic acids is 1. The number of nitriles is 1. The van der Waals surface area contributed by atoms with Crippen molar-refractivity contribution in [1.82, 2.24) is 9.55 Å². The van der Waals surface area contributed by atoms with Crippen LogP contribution >= 0.6 is 15.9 Å². The molecule has 4 nitrogen and oxygen atoms in total. The number of benzene rings is 1. The molecule has 0 fully saturated rings. The van der Waals surface area contributed by atoms with Crippen LogP contribution in [0.3, 0.4) is 0 Å². The molecule has 1 aromatic heterocycles. The van der Waals surface area contributed by atoms with Crippen LogP contribution in [0.1, 0.15) is 31.7 Å². The number of imidazole rings is 1. The van der Waals surface area contributed by atoms with Gasteiger partial charge in [0.25, 0.3) is 0 Å². The highest BCUT2D eigenvalue weighted by Gasteiger charge is 2.50. The third-order valence-corrected chi connectivity index (χ3v) is 6.30. The van der Waals surface area contributed by atoms with Gasteiger partial charge in [0.15, 0.2) is 10.5 Å². The van der Waals surface area contributed by atoms with Gasteiger partial charge in [-0.1, -0.05) is 38.1 Å². The Balaban J connectivity index is 1.94. The lowest BCUT2D eigenvalue weighted by molar-refractivity contribution is -0.121. The zero-order valence-corrected chi connectivity index (χ0v) is 15.7. The van der Waals surface area contributed by atoms with E-state index < -0.39 is 5.41 Å². The summed E-state index contributed by atoms with van der Waals surface area (Å²) in [5, 5.41) is 9.40. The van der Waals surface area contributed by atoms with Crippen LogP contribution in [-0.2, 0) is 16.6 Å². The Labute approximate surface area is 155 Å². The Morgan fingerprint density at radius 2 is 2.08 bits per heavy atom. The molecule has 126 valence electrons. The van der Waals surface area contributed by atoms with Gasteiger partial charge in [-0.3, -0.25) is 9.36 Å². The first kappa shape index (κ1) is 16.3. The fourth-order valence-corrected chi connectivity index (χ4v) is 5.12. The Morgan fingerprint density at radius 1 is 1.36 bits per heavy atom. The number of allylic oxidation sites excluding steroid dienone is 2. The first-order valence-corrected chi connectivity index (χ1v) is 9.27. The number of carbonyl (C=O) groups is 1. The number of hydrogen-bond donors (Lipinski definition) is 0. The number of ketones is 1. The highest BCUT2D eigenvalue weighted by molar-refractivity contribution is 9.10. The number of rotatable bonds is 1. The van der Waals surface area contributed by atoms with Crippen molar-refractivity contribution in [2.75, 3.05) is 0 Å². The van der Waals surface area contributed by atoms with Crippen molar-refractivity contribution in [2.24, 2.45) is 11.8 Å². The Bertz CT molecular complexity index is 938. The van der Waals surface area contributed by atoms with E-state index in [-0.39, 0.29) is 23.2 Å². The van der Waals surface area contributed by atoms with Gasteiger partial charge < -0.3 is 0 Å². The summed E-state index contributed by atoms with van der Waals surface area (Å²) in [4.78, 5) is 17.3. The normalized spacial score (nSPS) is 27.9. The van der Waals surface area contributed by atoms with Gasteiger partial charge in [-0.15, -0.1) is 0 Å². The van der Waals surface area contributed by atoms with Gasteiger partial charge >= 0.3 is 0 Å². The van der Waals surface area contributed by atoms with Crippen LogP contribution in [0.15, 0.2) is 46.7 Å². The second-order valence-corrected chi connectivity index (χ2v) is 7.81. The maximum Gasteiger partial charge on any atom is 0.182 e. The molecule has 3 atom stereocenters. The molecule has 0 N–H and O–H groups in total. The van der Waals surface area contributed by atoms with Gasteiger partial charge in [-0.25, -0.2) is 4.98 Å². The zero-order valence-electron chi connectivity index (χ0n) is 14.2. The number of Topliss-reactive ketones (excluding diaryl/α,β-unsaturated/α-hetero) is 1. The fourth-order valence-electron chi connectivity index (χ4n) is 4.52. The van der Waals surface area contributed by atoms with Crippen LogP contribution in [0, 0.1) is 23.2 Å². The van der Waals surface area contributed by atoms with Crippen LogP contribution in [0.4, 0.5) is 0 Å². The monoisotopic (exact) mass is 395 g/mol. The lowest BCUT2D eigenvalue weighted by Crippen LogP contribution is -2.45. The summed E-state index contributed by atoms with van der Waals surface area (Å²) in [6.07, 6.45) is 3.64. The fraction of sp³-hybridized carbons (Fsp3) is 0.350. The van der Waals surface area contributed by atoms with Crippen molar-refractivity contribution < 1.29 is 4.79 Å². The molecule has 1 heterocycles. The molecular formula is C20H18BrN3O. The highest BCUT2D eigenvalue weighted by atomic mass is 79.9. The quantitative estimate of drug-likeness (QED) is 0.729. The van der Waals surface area contributed by atoms with Gasteiger partial charge in [0.2, 0.25) is 0 Å². The van der Waals surface area contributed by atoms with E-state index >= 15 is 0 Å². The molecular weight excluding hydrogens is 378 g/mol. The molecule has 0 saturated carbocycles. The third kappa shape index (κ3) is 2.24. The smallest absolute Gasteiger partial charge is 0.182 e. The van der Waals surface area contributed by atoms with Crippen molar-refractivity contribution in [3.05, 3.63) is 58.1 Å². The maximum absolute atomic E-state index is 12.4. The van der Waals surface area contributed by atoms with Crippen LogP contribution < -0.4 is 0 Å². The summed E-state index contributed by atoms with van der Waals surface area (Å²) < 4.78 is 2.90. The average molecular weight is 396 g/mol. The van der Waals surface area contributed by atoms with E-state index in [1.807, 2.05) is 31.2 Å². The van der Waals surface area contributed by atoms with Crippen molar-refractivity contribution in [3.8, 4) is 11.8 Å². The van der Waals surface area contributed by atoms with E-state index in [2.05, 4.69) is 45.6 Å². The molecule has 2 aliphatic rings. The number of aromatic nitrogens is 2. The van der Waals surface area contributed by atoms with Crippen LogP contribution in [0.5, 0.6) is 0 Å². The number of hydrogen-bond acceptors (Lipinski definition) is 3. The van der Waals surface area contributed by atoms with Crippen LogP contribution in [0.2, 0.25) is 0 Å². The second kappa shape index (κ2) is 5.67. The summed E-state index contributed by atoms with van der Waals surface area (Å²) in [6, 6.07) is 12.2. The molecule has 0 amide bonds. The van der Waals surface area contributed by atoms with Crippen molar-refractivity contribution in [3.63, 3.8) is 0 Å². The largest absolute Gasteiger partial charge is 0.293 e. The Morgan fingerprint density at radius 3 is 2.76 bits per heavy atom. The average Bonchev–Trinajstić information content (AvgIpc) is 2.96. The molecule has 4 rings (SSSR count). The molecule has 0 radical (unpaired) electrons. The van der Waals surface area contributed by atoms with Gasteiger partial charge in [-0.2, -0.15) is 5.26 Å². The molecule has 0 saturated heterocycles. The topological polar surface area (TPSA) is 58.7 Å². The van der Waals surface area contributed by atoms with E-state index in [0.717, 1.165) is 34.7 Å². The molecule has 25 heavy (non-hydrogen) atoms. The van der Waals surface area contributed by atoms with E-state index in [4.69, 9.17) is 4.98 Å². The van der Waals surface area contributed by atoms with E-state index in [1.165, 1.54) is 0 Å². The minimum absolute atomic E-state index is 0.0324. The first-order chi connectivity index (χ1) is 12.0. The van der Waals surface area contributed by atoms with Crippen LogP contribution in [0.25, 0.3) is 5.69 Å². The van der Waals surface area contributed by atoms with Gasteiger partial charge in [-0.05, 0) is 46.8 Å². The number of nitrogens with zero attached hydrogens (tertiary/aromatic N) is 3. The molecule has 5 heteroatoms. The molecule has 0 unspecified atom stereocenters. The second-order valence-electron chi connectivity index (χ2n) is 7.10. The maximum atomic E-state index is 12.4. The zero-order chi connectivity index (χ0) is 17.8. The summed E-state index contributed by atoms with van der Waals surface area (Å²) in [5.41, 5.74) is 3.08. The lowest BCUT2D eigenvalue weighted by Gasteiger charge is -2.44. The molecule has 0 bridgehead atoms. The Hall–Kier alpha value is -2.19. The summed E-state index contributed by atoms with van der Waals surface area (Å²) in [5.74, 6) is -0.0101. The van der Waals surface area contributed by atoms with Crippen molar-refractivity contribution >= 4 is 21.7 Å². The summed E-state index contributed by atoms with van der Waals surface area (Å²) >= 11 is 3.61. The molecule has 0 spiro atoms. The highest BCUT2D eigenvalue weighted by Crippen LogP contribution is 2.50. The van der Waals surface area contributed by atoms with E-state index in [1.54, 1.807) is 0 Å². The number of para-hydroxylation sites is 1. The minimum atomic E-state index is -0.394. The first-order valence-electron chi connectivity index (χ1n) is 8.47. The molecule has 1 aromatic carbocycles. The van der Waals surface area contributed by atoms with Gasteiger partial charge in [0, 0.05) is 22.7 Å². The van der Waals surface area contributed by atoms with Crippen LogP contribution in [-0.4, -0.2) is 15.3 Å². The van der Waals surface area contributed by atoms with Gasteiger partial charge in [0.05, 0.1) is 11.3 Å². The molecule has 2 aromatic rings. The lowest BCUT2D eigenvalue weighted by atomic mass is 9.58. The summed E-state index contributed by atoms with van der Waals surface area (Å²) in [7, 11) is 0. The van der Waals surface area contributed by atoms with Gasteiger partial charge in [0.1, 0.15) is 6.07 Å². The minimum Gasteiger partial charge on any atom is -0.293 e. The summed E-state index contributed by atoms with van der Waals surface area (Å²) in [6.45, 7) is 4.06. The molecule has 2 aliphatic carbocycles. The predicted molar refractivity (Wildman–Crippen MR) is 98.3 cm³/mol. The number of halogens is 1.